The van der Waals surface area contributed by atoms with Crippen LogP contribution in [0.3, 0.4) is 0 Å². The molecule has 3 N–H and O–H groups in total. The minimum absolute atomic E-state index is 0.0638. The molecule has 0 aliphatic heterocycles. The molecule has 0 bridgehead atoms. The van der Waals surface area contributed by atoms with E-state index in [-0.39, 0.29) is 23.0 Å². The molecule has 1 heterocycles. The number of nitrogens with zero attached hydrogens (tertiary/aromatic N) is 2. The van der Waals surface area contributed by atoms with Crippen molar-refractivity contribution in [1.29, 1.82) is 0 Å². The van der Waals surface area contributed by atoms with Crippen molar-refractivity contribution in [2.24, 2.45) is 5.41 Å². The maximum absolute atomic E-state index is 11.5. The van der Waals surface area contributed by atoms with Gasteiger partial charge in [0.05, 0.1) is 12.4 Å². The Morgan fingerprint density at radius 1 is 1.43 bits per heavy atom. The minimum Gasteiger partial charge on any atom is -0.476 e. The van der Waals surface area contributed by atoms with E-state index >= 15 is 0 Å². The molecule has 1 aromatic carbocycles. The van der Waals surface area contributed by atoms with Crippen molar-refractivity contribution in [3.8, 4) is 0 Å². The Hall–Kier alpha value is -2.30. The monoisotopic (exact) mass is 285 g/mol. The lowest BCUT2D eigenvalue weighted by Crippen LogP contribution is -2.34. The molecule has 21 heavy (non-hydrogen) atoms. The Morgan fingerprint density at radius 3 is 2.86 bits per heavy atom. The van der Waals surface area contributed by atoms with Gasteiger partial charge in [0.25, 0.3) is 0 Å². The summed E-state index contributed by atoms with van der Waals surface area (Å²) in [4.78, 5) is 15.5. The fourth-order valence-corrected chi connectivity index (χ4v) is 3.36. The second kappa shape index (κ2) is 4.62. The maximum Gasteiger partial charge on any atom is 0.356 e. The van der Waals surface area contributed by atoms with Gasteiger partial charge in [0.15, 0.2) is 11.5 Å². The van der Waals surface area contributed by atoms with E-state index in [1.54, 1.807) is 10.9 Å². The highest BCUT2D eigenvalue weighted by Gasteiger charge is 2.39. The summed E-state index contributed by atoms with van der Waals surface area (Å²) in [5.41, 5.74) is 8.18. The summed E-state index contributed by atoms with van der Waals surface area (Å²) in [6, 6.07) is 8.13. The molecule has 2 aromatic rings. The van der Waals surface area contributed by atoms with Gasteiger partial charge in [0.1, 0.15) is 0 Å². The van der Waals surface area contributed by atoms with E-state index in [2.05, 4.69) is 31.0 Å². The van der Waals surface area contributed by atoms with E-state index < -0.39 is 5.97 Å². The molecule has 0 fully saturated rings. The molecular formula is C16H19N3O2. The van der Waals surface area contributed by atoms with Gasteiger partial charge < -0.3 is 15.4 Å². The van der Waals surface area contributed by atoms with Crippen molar-refractivity contribution in [2.75, 3.05) is 5.73 Å². The second-order valence-electron chi connectivity index (χ2n) is 6.28. The molecule has 5 nitrogen and oxygen atoms in total. The van der Waals surface area contributed by atoms with Crippen LogP contribution in [0.4, 0.5) is 5.82 Å². The second-order valence-corrected chi connectivity index (χ2v) is 6.28. The predicted octanol–water partition coefficient (Wildman–Crippen LogP) is 2.73. The fraction of sp³-hybridized carbons (Fsp3) is 0.375. The number of nitrogen functional groups attached to an aromatic ring is 1. The summed E-state index contributed by atoms with van der Waals surface area (Å²) in [5, 5.41) is 9.44. The van der Waals surface area contributed by atoms with E-state index in [4.69, 9.17) is 5.73 Å². The number of rotatable bonds is 2. The van der Waals surface area contributed by atoms with Crippen LogP contribution in [0.5, 0.6) is 0 Å². The molecule has 5 heteroatoms. The SMILES string of the molecule is CC1(C)CCc2ccccc2C1n1cnc(N)c1C(=O)O. The third kappa shape index (κ3) is 2.09. The average Bonchev–Trinajstić information content (AvgIpc) is 2.79. The third-order valence-corrected chi connectivity index (χ3v) is 4.43. The Bertz CT molecular complexity index is 703. The molecule has 0 amide bonds. The minimum atomic E-state index is -1.04. The van der Waals surface area contributed by atoms with Gasteiger partial charge in [-0.2, -0.15) is 0 Å². The van der Waals surface area contributed by atoms with Gasteiger partial charge >= 0.3 is 5.97 Å². The first-order valence-electron chi connectivity index (χ1n) is 7.05. The zero-order chi connectivity index (χ0) is 15.2. The summed E-state index contributed by atoms with van der Waals surface area (Å²) >= 11 is 0. The van der Waals surface area contributed by atoms with Crippen LogP contribution in [-0.4, -0.2) is 20.6 Å². The molecule has 1 aromatic heterocycles. The number of carboxylic acids is 1. The van der Waals surface area contributed by atoms with E-state index in [1.807, 2.05) is 12.1 Å². The quantitative estimate of drug-likeness (QED) is 0.889. The third-order valence-electron chi connectivity index (χ3n) is 4.43. The molecule has 1 unspecified atom stereocenters. The average molecular weight is 285 g/mol. The number of imidazole rings is 1. The summed E-state index contributed by atoms with van der Waals surface area (Å²) in [5.74, 6) is -0.967. The molecule has 1 aliphatic carbocycles. The first-order valence-corrected chi connectivity index (χ1v) is 7.05. The Labute approximate surface area is 123 Å². The molecule has 0 radical (unpaired) electrons. The van der Waals surface area contributed by atoms with Crippen molar-refractivity contribution in [3.63, 3.8) is 0 Å². The Balaban J connectivity index is 2.23. The van der Waals surface area contributed by atoms with Crippen LogP contribution in [0, 0.1) is 5.41 Å². The number of aromatic nitrogens is 2. The molecule has 1 aliphatic rings. The highest BCUT2D eigenvalue weighted by Crippen LogP contribution is 2.46. The number of carbonyl (C=O) groups is 1. The summed E-state index contributed by atoms with van der Waals surface area (Å²) in [7, 11) is 0. The molecular weight excluding hydrogens is 266 g/mol. The van der Waals surface area contributed by atoms with E-state index in [0.29, 0.717) is 0 Å². The topological polar surface area (TPSA) is 81.1 Å². The van der Waals surface area contributed by atoms with Crippen LogP contribution in [0.2, 0.25) is 0 Å². The van der Waals surface area contributed by atoms with Crippen molar-refractivity contribution in [3.05, 3.63) is 47.4 Å². The lowest BCUT2D eigenvalue weighted by Gasteiger charge is -2.41. The van der Waals surface area contributed by atoms with E-state index in [0.717, 1.165) is 18.4 Å². The number of benzene rings is 1. The first kappa shape index (κ1) is 13.7. The Kier molecular flexibility index (Phi) is 3.01. The van der Waals surface area contributed by atoms with E-state index in [1.165, 1.54) is 5.56 Å². The molecule has 1 atom stereocenters. The van der Waals surface area contributed by atoms with Crippen LogP contribution < -0.4 is 5.73 Å². The molecule has 0 saturated carbocycles. The van der Waals surface area contributed by atoms with E-state index in [9.17, 15) is 9.90 Å². The number of fused-ring (bicyclic) bond motifs is 1. The zero-order valence-corrected chi connectivity index (χ0v) is 12.2. The highest BCUT2D eigenvalue weighted by molar-refractivity contribution is 5.90. The molecule has 3 rings (SSSR count). The summed E-state index contributed by atoms with van der Waals surface area (Å²) in [6.07, 6.45) is 3.55. The lowest BCUT2D eigenvalue weighted by molar-refractivity contribution is 0.0678. The number of aromatic carboxylic acids is 1. The number of hydrogen-bond donors (Lipinski definition) is 2. The molecule has 110 valence electrons. The maximum atomic E-state index is 11.5. The van der Waals surface area contributed by atoms with Crippen LogP contribution in [-0.2, 0) is 6.42 Å². The van der Waals surface area contributed by atoms with Crippen LogP contribution in [0.1, 0.15) is 47.9 Å². The van der Waals surface area contributed by atoms with Gasteiger partial charge in [-0.05, 0) is 29.4 Å². The van der Waals surface area contributed by atoms with Crippen molar-refractivity contribution < 1.29 is 9.90 Å². The number of carboxylic acid groups (broad SMARTS) is 1. The van der Waals surface area contributed by atoms with Gasteiger partial charge in [-0.25, -0.2) is 9.78 Å². The smallest absolute Gasteiger partial charge is 0.356 e. The van der Waals surface area contributed by atoms with Gasteiger partial charge in [-0.1, -0.05) is 38.1 Å². The van der Waals surface area contributed by atoms with Gasteiger partial charge in [0, 0.05) is 0 Å². The number of aryl methyl sites for hydroxylation is 1. The van der Waals surface area contributed by atoms with Crippen molar-refractivity contribution in [2.45, 2.75) is 32.7 Å². The fourth-order valence-electron chi connectivity index (χ4n) is 3.36. The Morgan fingerprint density at radius 2 is 2.14 bits per heavy atom. The van der Waals surface area contributed by atoms with Crippen molar-refractivity contribution >= 4 is 11.8 Å². The van der Waals surface area contributed by atoms with Crippen LogP contribution in [0.25, 0.3) is 0 Å². The number of anilines is 1. The van der Waals surface area contributed by atoms with Crippen LogP contribution in [0.15, 0.2) is 30.6 Å². The lowest BCUT2D eigenvalue weighted by atomic mass is 9.70. The molecule has 0 spiro atoms. The van der Waals surface area contributed by atoms with Gasteiger partial charge in [-0.15, -0.1) is 0 Å². The van der Waals surface area contributed by atoms with Crippen LogP contribution >= 0.6 is 0 Å². The summed E-state index contributed by atoms with van der Waals surface area (Å²) < 4.78 is 1.72. The van der Waals surface area contributed by atoms with Gasteiger partial charge in [0.2, 0.25) is 0 Å². The number of hydrogen-bond acceptors (Lipinski definition) is 3. The number of nitrogens with two attached hydrogens (primary N) is 1. The van der Waals surface area contributed by atoms with Gasteiger partial charge in [-0.3, -0.25) is 0 Å². The zero-order valence-electron chi connectivity index (χ0n) is 12.2. The largest absolute Gasteiger partial charge is 0.476 e. The predicted molar refractivity (Wildman–Crippen MR) is 80.3 cm³/mol. The molecule has 0 saturated heterocycles. The van der Waals surface area contributed by atoms with Crippen molar-refractivity contribution in [1.82, 2.24) is 9.55 Å². The highest BCUT2D eigenvalue weighted by atomic mass is 16.4. The summed E-state index contributed by atoms with van der Waals surface area (Å²) in [6.45, 7) is 4.32. The normalized spacial score (nSPS) is 20.0. The first-order chi connectivity index (χ1) is 9.92. The standard InChI is InChI=1S/C16H19N3O2/c1-16(2)8-7-10-5-3-4-6-11(10)13(16)19-9-18-14(17)12(19)15(20)21/h3-6,9,13H,7-8,17H2,1-2H3,(H,20,21).